The van der Waals surface area contributed by atoms with Crippen LogP contribution in [0.5, 0.6) is 5.75 Å². The van der Waals surface area contributed by atoms with Crippen LogP contribution in [0, 0.1) is 6.92 Å². The summed E-state index contributed by atoms with van der Waals surface area (Å²) < 4.78 is 17.6. The maximum Gasteiger partial charge on any atom is 0.124 e. The predicted octanol–water partition coefficient (Wildman–Crippen LogP) is 3.01. The van der Waals surface area contributed by atoms with E-state index < -0.39 is 0 Å². The Labute approximate surface area is 96.8 Å². The van der Waals surface area contributed by atoms with E-state index in [1.54, 1.807) is 0 Å². The van der Waals surface area contributed by atoms with E-state index in [1.807, 2.05) is 19.2 Å². The second kappa shape index (κ2) is 6.48. The van der Waals surface area contributed by atoms with Gasteiger partial charge < -0.3 is 10.1 Å². The van der Waals surface area contributed by atoms with Crippen LogP contribution in [0.15, 0.2) is 18.2 Å². The van der Waals surface area contributed by atoms with Crippen LogP contribution in [0.1, 0.15) is 30.5 Å². The molecule has 0 amide bonds. The molecule has 0 aliphatic heterocycles. The van der Waals surface area contributed by atoms with Crippen molar-refractivity contribution >= 4 is 0 Å². The molecule has 1 rings (SSSR count). The maximum atomic E-state index is 12.0. The highest BCUT2D eigenvalue weighted by Gasteiger charge is 2.10. The van der Waals surface area contributed by atoms with Crippen LogP contribution < -0.4 is 10.1 Å². The number of rotatable bonds is 6. The summed E-state index contributed by atoms with van der Waals surface area (Å²) in [4.78, 5) is 0. The van der Waals surface area contributed by atoms with E-state index in [-0.39, 0.29) is 12.7 Å². The van der Waals surface area contributed by atoms with Gasteiger partial charge in [0.1, 0.15) is 5.75 Å². The van der Waals surface area contributed by atoms with Crippen molar-refractivity contribution < 1.29 is 9.13 Å². The van der Waals surface area contributed by atoms with Crippen LogP contribution in [-0.2, 0) is 0 Å². The van der Waals surface area contributed by atoms with Crippen molar-refractivity contribution in [2.24, 2.45) is 0 Å². The van der Waals surface area contributed by atoms with E-state index in [0.29, 0.717) is 13.0 Å². The summed E-state index contributed by atoms with van der Waals surface area (Å²) in [7, 11) is 1.92. The standard InChI is InChI=1S/C13H20FNO/c1-10-5-6-13(16-8-4-7-14)12(9-10)11(2)15-3/h5-6,9,11,15H,4,7-8H2,1-3H3. The normalized spacial score (nSPS) is 12.5. The Hall–Kier alpha value is -1.09. The number of aryl methyl sites for hydroxylation is 1. The summed E-state index contributed by atoms with van der Waals surface area (Å²) in [6.07, 6.45) is 0.446. The molecule has 0 bridgehead atoms. The fourth-order valence-electron chi connectivity index (χ4n) is 1.53. The molecule has 0 heterocycles. The van der Waals surface area contributed by atoms with Crippen LogP contribution in [0.4, 0.5) is 4.39 Å². The van der Waals surface area contributed by atoms with Gasteiger partial charge in [0, 0.05) is 18.0 Å². The number of nitrogens with one attached hydrogen (secondary N) is 1. The predicted molar refractivity (Wildman–Crippen MR) is 64.7 cm³/mol. The number of alkyl halides is 1. The van der Waals surface area contributed by atoms with E-state index >= 15 is 0 Å². The molecule has 0 aliphatic carbocycles. The molecule has 0 saturated carbocycles. The first-order valence-electron chi connectivity index (χ1n) is 5.65. The highest BCUT2D eigenvalue weighted by molar-refractivity contribution is 5.38. The Morgan fingerprint density at radius 2 is 2.19 bits per heavy atom. The van der Waals surface area contributed by atoms with Gasteiger partial charge in [-0.2, -0.15) is 0 Å². The summed E-state index contributed by atoms with van der Waals surface area (Å²) in [5.74, 6) is 0.848. The highest BCUT2D eigenvalue weighted by atomic mass is 19.1. The summed E-state index contributed by atoms with van der Waals surface area (Å²) in [6.45, 7) is 4.24. The molecule has 0 saturated heterocycles. The zero-order valence-electron chi connectivity index (χ0n) is 10.2. The molecule has 2 nitrogen and oxygen atoms in total. The lowest BCUT2D eigenvalue weighted by Crippen LogP contribution is -2.14. The number of hydrogen-bond acceptors (Lipinski definition) is 2. The molecule has 0 radical (unpaired) electrons. The molecule has 0 aliphatic rings. The minimum Gasteiger partial charge on any atom is -0.493 e. The van der Waals surface area contributed by atoms with E-state index in [0.717, 1.165) is 11.3 Å². The Bertz CT molecular complexity index is 328. The van der Waals surface area contributed by atoms with Gasteiger partial charge in [0.2, 0.25) is 0 Å². The van der Waals surface area contributed by atoms with Crippen molar-refractivity contribution in [2.75, 3.05) is 20.3 Å². The molecule has 1 unspecified atom stereocenters. The average molecular weight is 225 g/mol. The van der Waals surface area contributed by atoms with Gasteiger partial charge in [-0.1, -0.05) is 17.7 Å². The first-order chi connectivity index (χ1) is 7.69. The summed E-state index contributed by atoms with van der Waals surface area (Å²) >= 11 is 0. The molecule has 0 spiro atoms. The second-order valence-corrected chi connectivity index (χ2v) is 3.94. The van der Waals surface area contributed by atoms with E-state index in [2.05, 4.69) is 25.2 Å². The topological polar surface area (TPSA) is 21.3 Å². The van der Waals surface area contributed by atoms with Gasteiger partial charge >= 0.3 is 0 Å². The number of hydrogen-bond donors (Lipinski definition) is 1. The van der Waals surface area contributed by atoms with Crippen molar-refractivity contribution in [2.45, 2.75) is 26.3 Å². The molecule has 1 N–H and O–H groups in total. The molecule has 16 heavy (non-hydrogen) atoms. The van der Waals surface area contributed by atoms with E-state index in [1.165, 1.54) is 5.56 Å². The van der Waals surface area contributed by atoms with Crippen LogP contribution in [0.3, 0.4) is 0 Å². The first kappa shape index (κ1) is 13.0. The van der Waals surface area contributed by atoms with Gasteiger partial charge in [-0.05, 0) is 27.0 Å². The third-order valence-corrected chi connectivity index (χ3v) is 2.60. The summed E-state index contributed by atoms with van der Waals surface area (Å²) in [5, 5.41) is 3.19. The molecular formula is C13H20FNO. The molecule has 0 aromatic heterocycles. The number of ether oxygens (including phenoxy) is 1. The van der Waals surface area contributed by atoms with Crippen LogP contribution in [-0.4, -0.2) is 20.3 Å². The van der Waals surface area contributed by atoms with E-state index in [4.69, 9.17) is 4.74 Å². The van der Waals surface area contributed by atoms with Gasteiger partial charge in [-0.15, -0.1) is 0 Å². The smallest absolute Gasteiger partial charge is 0.124 e. The zero-order valence-corrected chi connectivity index (χ0v) is 10.2. The minimum absolute atomic E-state index is 0.236. The zero-order chi connectivity index (χ0) is 12.0. The Kier molecular flexibility index (Phi) is 5.26. The van der Waals surface area contributed by atoms with Crippen molar-refractivity contribution in [3.63, 3.8) is 0 Å². The number of benzene rings is 1. The molecule has 0 fully saturated rings. The summed E-state index contributed by atoms with van der Waals surface area (Å²) in [5.41, 5.74) is 2.33. The van der Waals surface area contributed by atoms with Gasteiger partial charge in [0.25, 0.3) is 0 Å². The van der Waals surface area contributed by atoms with Crippen LogP contribution in [0.25, 0.3) is 0 Å². The SMILES string of the molecule is CNC(C)c1cc(C)ccc1OCCCF. The quantitative estimate of drug-likeness (QED) is 0.751. The van der Waals surface area contributed by atoms with Crippen LogP contribution in [0.2, 0.25) is 0 Å². The minimum atomic E-state index is -0.331. The van der Waals surface area contributed by atoms with Gasteiger partial charge in [-0.25, -0.2) is 0 Å². The molecular weight excluding hydrogens is 205 g/mol. The molecule has 3 heteroatoms. The van der Waals surface area contributed by atoms with Crippen molar-refractivity contribution in [3.05, 3.63) is 29.3 Å². The lowest BCUT2D eigenvalue weighted by Gasteiger charge is -2.17. The lowest BCUT2D eigenvalue weighted by atomic mass is 10.0. The third-order valence-electron chi connectivity index (χ3n) is 2.60. The van der Waals surface area contributed by atoms with Gasteiger partial charge in [0.15, 0.2) is 0 Å². The Balaban J connectivity index is 2.80. The van der Waals surface area contributed by atoms with E-state index in [9.17, 15) is 4.39 Å². The molecule has 1 atom stereocenters. The fraction of sp³-hybridized carbons (Fsp3) is 0.538. The second-order valence-electron chi connectivity index (χ2n) is 3.94. The summed E-state index contributed by atoms with van der Waals surface area (Å²) in [6, 6.07) is 6.31. The third kappa shape index (κ3) is 3.49. The average Bonchev–Trinajstić information content (AvgIpc) is 2.30. The highest BCUT2D eigenvalue weighted by Crippen LogP contribution is 2.26. The number of halogens is 1. The van der Waals surface area contributed by atoms with Gasteiger partial charge in [0.05, 0.1) is 13.3 Å². The molecule has 90 valence electrons. The monoisotopic (exact) mass is 225 g/mol. The van der Waals surface area contributed by atoms with Gasteiger partial charge in [-0.3, -0.25) is 4.39 Å². The molecule has 1 aromatic rings. The lowest BCUT2D eigenvalue weighted by molar-refractivity contribution is 0.285. The Morgan fingerprint density at radius 3 is 2.81 bits per heavy atom. The first-order valence-corrected chi connectivity index (χ1v) is 5.65. The van der Waals surface area contributed by atoms with Crippen molar-refractivity contribution in [3.8, 4) is 5.75 Å². The van der Waals surface area contributed by atoms with Crippen LogP contribution >= 0.6 is 0 Å². The Morgan fingerprint density at radius 1 is 1.44 bits per heavy atom. The largest absolute Gasteiger partial charge is 0.493 e. The molecule has 1 aromatic carbocycles. The maximum absolute atomic E-state index is 12.0. The van der Waals surface area contributed by atoms with Crippen molar-refractivity contribution in [1.29, 1.82) is 0 Å². The van der Waals surface area contributed by atoms with Crippen molar-refractivity contribution in [1.82, 2.24) is 5.32 Å². The fourth-order valence-corrected chi connectivity index (χ4v) is 1.53.